The van der Waals surface area contributed by atoms with E-state index in [1.807, 2.05) is 0 Å². The summed E-state index contributed by atoms with van der Waals surface area (Å²) in [5, 5.41) is 3.23. The Hall–Kier alpha value is -0.530. The van der Waals surface area contributed by atoms with Crippen LogP contribution >= 0.6 is 0 Å². The summed E-state index contributed by atoms with van der Waals surface area (Å²) in [4.78, 5) is 12.0. The molecule has 3 unspecified atom stereocenters. The summed E-state index contributed by atoms with van der Waals surface area (Å²) in [6, 6.07) is 0.420. The molecule has 0 saturated heterocycles. The number of hydrogen-bond acceptors (Lipinski definition) is 1. The topological polar surface area (TPSA) is 29.1 Å². The summed E-state index contributed by atoms with van der Waals surface area (Å²) in [6.45, 7) is 2.18. The van der Waals surface area contributed by atoms with Crippen LogP contribution in [0.5, 0.6) is 0 Å². The van der Waals surface area contributed by atoms with Crippen molar-refractivity contribution in [2.24, 2.45) is 23.7 Å². The van der Waals surface area contributed by atoms with Crippen LogP contribution in [-0.4, -0.2) is 11.9 Å². The van der Waals surface area contributed by atoms with Crippen molar-refractivity contribution < 1.29 is 4.79 Å². The Morgan fingerprint density at radius 1 is 1.20 bits per heavy atom. The second-order valence-electron chi connectivity index (χ2n) is 5.91. The molecule has 1 N–H and O–H groups in total. The molecule has 3 fully saturated rings. The van der Waals surface area contributed by atoms with E-state index in [0.717, 1.165) is 17.8 Å². The molecule has 2 nitrogen and oxygen atoms in total. The number of amides is 1. The van der Waals surface area contributed by atoms with Crippen LogP contribution in [0.15, 0.2) is 0 Å². The lowest BCUT2D eigenvalue weighted by Gasteiger charge is -2.32. The van der Waals surface area contributed by atoms with Crippen molar-refractivity contribution in [3.05, 3.63) is 0 Å². The van der Waals surface area contributed by atoms with Crippen molar-refractivity contribution >= 4 is 5.91 Å². The standard InChI is InChI=1S/C13H21NO/c1-8(9-3-2-4-9)14-13(15)12-6-10-5-11(10)7-12/h8-12H,2-7H2,1H3,(H,14,15). The highest BCUT2D eigenvalue weighted by Gasteiger charge is 2.48. The van der Waals surface area contributed by atoms with E-state index in [0.29, 0.717) is 17.9 Å². The molecular weight excluding hydrogens is 186 g/mol. The second kappa shape index (κ2) is 3.50. The zero-order chi connectivity index (χ0) is 10.4. The van der Waals surface area contributed by atoms with Crippen LogP contribution in [0.3, 0.4) is 0 Å². The molecule has 0 aliphatic heterocycles. The fraction of sp³-hybridized carbons (Fsp3) is 0.923. The first-order valence-electron chi connectivity index (χ1n) is 6.54. The van der Waals surface area contributed by atoms with Gasteiger partial charge >= 0.3 is 0 Å². The Balaban J connectivity index is 1.47. The number of carbonyl (C=O) groups is 1. The molecule has 84 valence electrons. The van der Waals surface area contributed by atoms with Crippen LogP contribution in [0.1, 0.15) is 45.4 Å². The number of nitrogens with one attached hydrogen (secondary N) is 1. The van der Waals surface area contributed by atoms with E-state index in [1.165, 1.54) is 38.5 Å². The maximum atomic E-state index is 12.0. The van der Waals surface area contributed by atoms with Gasteiger partial charge in [-0.25, -0.2) is 0 Å². The van der Waals surface area contributed by atoms with Gasteiger partial charge in [0.15, 0.2) is 0 Å². The first-order chi connectivity index (χ1) is 7.24. The van der Waals surface area contributed by atoms with Crippen molar-refractivity contribution in [3.8, 4) is 0 Å². The Morgan fingerprint density at radius 3 is 2.40 bits per heavy atom. The smallest absolute Gasteiger partial charge is 0.223 e. The van der Waals surface area contributed by atoms with Crippen LogP contribution in [-0.2, 0) is 4.79 Å². The van der Waals surface area contributed by atoms with Crippen molar-refractivity contribution in [1.82, 2.24) is 5.32 Å². The van der Waals surface area contributed by atoms with Gasteiger partial charge in [0.1, 0.15) is 0 Å². The van der Waals surface area contributed by atoms with E-state index in [9.17, 15) is 4.79 Å². The average molecular weight is 207 g/mol. The summed E-state index contributed by atoms with van der Waals surface area (Å²) in [6.07, 6.45) is 7.75. The second-order valence-corrected chi connectivity index (χ2v) is 5.91. The number of fused-ring (bicyclic) bond motifs is 1. The zero-order valence-corrected chi connectivity index (χ0v) is 9.54. The quantitative estimate of drug-likeness (QED) is 0.756. The third kappa shape index (κ3) is 1.79. The lowest BCUT2D eigenvalue weighted by atomic mass is 9.80. The average Bonchev–Trinajstić information content (AvgIpc) is 2.70. The third-order valence-corrected chi connectivity index (χ3v) is 4.84. The van der Waals surface area contributed by atoms with Gasteiger partial charge in [0.25, 0.3) is 0 Å². The van der Waals surface area contributed by atoms with Crippen molar-refractivity contribution in [2.75, 3.05) is 0 Å². The van der Waals surface area contributed by atoms with Crippen molar-refractivity contribution in [3.63, 3.8) is 0 Å². The SMILES string of the molecule is CC(NC(=O)C1CC2CC2C1)C1CCC1. The van der Waals surface area contributed by atoms with Crippen LogP contribution < -0.4 is 5.32 Å². The van der Waals surface area contributed by atoms with Gasteiger partial charge in [-0.05, 0) is 56.8 Å². The summed E-state index contributed by atoms with van der Waals surface area (Å²) in [5.41, 5.74) is 0. The van der Waals surface area contributed by atoms with Crippen LogP contribution in [0.25, 0.3) is 0 Å². The minimum atomic E-state index is 0.349. The highest BCUT2D eigenvalue weighted by molar-refractivity contribution is 5.79. The van der Waals surface area contributed by atoms with E-state index >= 15 is 0 Å². The molecule has 15 heavy (non-hydrogen) atoms. The van der Waals surface area contributed by atoms with Gasteiger partial charge in [0, 0.05) is 12.0 Å². The fourth-order valence-electron chi connectivity index (χ4n) is 3.33. The van der Waals surface area contributed by atoms with E-state index in [1.54, 1.807) is 0 Å². The maximum Gasteiger partial charge on any atom is 0.223 e. The lowest BCUT2D eigenvalue weighted by Crippen LogP contribution is -2.43. The lowest BCUT2D eigenvalue weighted by molar-refractivity contribution is -0.126. The predicted molar refractivity (Wildman–Crippen MR) is 59.3 cm³/mol. The Kier molecular flexibility index (Phi) is 2.26. The summed E-state index contributed by atoms with van der Waals surface area (Å²) in [7, 11) is 0. The highest BCUT2D eigenvalue weighted by atomic mass is 16.1. The number of carbonyl (C=O) groups excluding carboxylic acids is 1. The molecule has 0 bridgehead atoms. The van der Waals surface area contributed by atoms with Gasteiger partial charge < -0.3 is 5.32 Å². The largest absolute Gasteiger partial charge is 0.353 e. The molecule has 1 amide bonds. The molecule has 0 heterocycles. The van der Waals surface area contributed by atoms with Gasteiger partial charge in [-0.2, -0.15) is 0 Å². The minimum Gasteiger partial charge on any atom is -0.353 e. The fourth-order valence-corrected chi connectivity index (χ4v) is 3.33. The van der Waals surface area contributed by atoms with E-state index in [2.05, 4.69) is 12.2 Å². The van der Waals surface area contributed by atoms with Crippen molar-refractivity contribution in [1.29, 1.82) is 0 Å². The normalized spacial score (nSPS) is 40.5. The molecule has 3 aliphatic rings. The Labute approximate surface area is 91.8 Å². The molecule has 0 aromatic rings. The molecule has 3 atom stereocenters. The van der Waals surface area contributed by atoms with Crippen LogP contribution in [0.2, 0.25) is 0 Å². The molecule has 3 rings (SSSR count). The van der Waals surface area contributed by atoms with Crippen LogP contribution in [0, 0.1) is 23.7 Å². The van der Waals surface area contributed by atoms with Crippen LogP contribution in [0.4, 0.5) is 0 Å². The Morgan fingerprint density at radius 2 is 1.87 bits per heavy atom. The van der Waals surface area contributed by atoms with Gasteiger partial charge in [0.05, 0.1) is 0 Å². The molecule has 3 aliphatic carbocycles. The Bertz CT molecular complexity index is 262. The third-order valence-electron chi connectivity index (χ3n) is 4.84. The number of hydrogen-bond donors (Lipinski definition) is 1. The monoisotopic (exact) mass is 207 g/mol. The van der Waals surface area contributed by atoms with Gasteiger partial charge in [-0.1, -0.05) is 6.42 Å². The van der Waals surface area contributed by atoms with Crippen molar-refractivity contribution in [2.45, 2.75) is 51.5 Å². The maximum absolute atomic E-state index is 12.0. The predicted octanol–water partition coefficient (Wildman–Crippen LogP) is 2.34. The van der Waals surface area contributed by atoms with Gasteiger partial charge in [0.2, 0.25) is 5.91 Å². The highest BCUT2D eigenvalue weighted by Crippen LogP contribution is 2.54. The summed E-state index contributed by atoms with van der Waals surface area (Å²) < 4.78 is 0. The minimum absolute atomic E-state index is 0.349. The first kappa shape index (κ1) is 9.68. The number of rotatable bonds is 3. The van der Waals surface area contributed by atoms with E-state index in [4.69, 9.17) is 0 Å². The molecular formula is C13H21NO. The molecule has 0 radical (unpaired) electrons. The molecule has 0 aromatic heterocycles. The summed E-state index contributed by atoms with van der Waals surface area (Å²) in [5.74, 6) is 3.31. The molecule has 0 spiro atoms. The molecule has 2 heteroatoms. The summed E-state index contributed by atoms with van der Waals surface area (Å²) >= 11 is 0. The van der Waals surface area contributed by atoms with Gasteiger partial charge in [-0.15, -0.1) is 0 Å². The van der Waals surface area contributed by atoms with E-state index < -0.39 is 0 Å². The van der Waals surface area contributed by atoms with Gasteiger partial charge in [-0.3, -0.25) is 4.79 Å². The zero-order valence-electron chi connectivity index (χ0n) is 9.54. The molecule has 3 saturated carbocycles. The first-order valence-corrected chi connectivity index (χ1v) is 6.54. The molecule has 0 aromatic carbocycles. The van der Waals surface area contributed by atoms with E-state index in [-0.39, 0.29) is 0 Å².